The minimum absolute atomic E-state index is 0.234. The van der Waals surface area contributed by atoms with E-state index in [0.29, 0.717) is 0 Å². The van der Waals surface area contributed by atoms with E-state index in [2.05, 4.69) is 126 Å². The number of ether oxygens (including phenoxy) is 1. The predicted molar refractivity (Wildman–Crippen MR) is 241 cm³/mol. The van der Waals surface area contributed by atoms with E-state index in [4.69, 9.17) is 4.74 Å². The maximum atomic E-state index is 6.19. The van der Waals surface area contributed by atoms with Crippen LogP contribution in [-0.4, -0.2) is 6.54 Å². The third-order valence-corrected chi connectivity index (χ3v) is 12.4. The van der Waals surface area contributed by atoms with Gasteiger partial charge in [-0.25, -0.2) is 0 Å². The van der Waals surface area contributed by atoms with Gasteiger partial charge in [0.25, 0.3) is 0 Å². The van der Waals surface area contributed by atoms with Crippen molar-refractivity contribution in [3.8, 4) is 22.6 Å². The van der Waals surface area contributed by atoms with Gasteiger partial charge in [0, 0.05) is 12.0 Å². The zero-order valence-corrected chi connectivity index (χ0v) is 36.1. The molecule has 0 atom stereocenters. The highest BCUT2D eigenvalue weighted by atomic mass is 16.5. The van der Waals surface area contributed by atoms with E-state index < -0.39 is 0 Å². The van der Waals surface area contributed by atoms with Crippen molar-refractivity contribution in [2.75, 3.05) is 11.4 Å². The van der Waals surface area contributed by atoms with E-state index in [1.54, 1.807) is 11.1 Å². The van der Waals surface area contributed by atoms with E-state index in [1.165, 1.54) is 173 Å². The molecule has 0 saturated heterocycles. The van der Waals surface area contributed by atoms with Gasteiger partial charge in [0.15, 0.2) is 11.5 Å². The van der Waals surface area contributed by atoms with Gasteiger partial charge in [0.1, 0.15) is 0 Å². The summed E-state index contributed by atoms with van der Waals surface area (Å²) in [5.74, 6) is 1.97. The number of hydrogen-bond donors (Lipinski definition) is 0. The van der Waals surface area contributed by atoms with Crippen LogP contribution in [0.5, 0.6) is 11.5 Å². The van der Waals surface area contributed by atoms with Crippen molar-refractivity contribution in [3.05, 3.63) is 106 Å². The molecule has 55 heavy (non-hydrogen) atoms. The first-order chi connectivity index (χ1) is 26.8. The minimum Gasteiger partial charge on any atom is -0.453 e. The molecule has 0 saturated carbocycles. The van der Waals surface area contributed by atoms with Crippen LogP contribution >= 0.6 is 0 Å². The molecule has 2 aliphatic rings. The molecule has 6 rings (SSSR count). The normalized spacial score (nSPS) is 13.3. The van der Waals surface area contributed by atoms with Crippen LogP contribution in [0.3, 0.4) is 0 Å². The SMILES string of the molecule is CCCCCCCCC1(CCCCCCCC)c2cc(C)ccc2-c2ccc(C)cc21.CCCCCCCCN1c2ccc(C)cc2Oc2cc(C)ccc21. The topological polar surface area (TPSA) is 12.5 Å². The van der Waals surface area contributed by atoms with Gasteiger partial charge in [-0.15, -0.1) is 0 Å². The summed E-state index contributed by atoms with van der Waals surface area (Å²) in [6, 6.07) is 27.5. The number of nitrogens with zero attached hydrogens (tertiary/aromatic N) is 1. The molecule has 2 nitrogen and oxygen atoms in total. The first-order valence-electron chi connectivity index (χ1n) is 22.7. The van der Waals surface area contributed by atoms with E-state index in [0.717, 1.165) is 18.0 Å². The van der Waals surface area contributed by atoms with Crippen molar-refractivity contribution in [3.63, 3.8) is 0 Å². The van der Waals surface area contributed by atoms with Crippen LogP contribution in [0.2, 0.25) is 0 Å². The number of benzene rings is 4. The molecule has 0 radical (unpaired) electrons. The number of rotatable bonds is 21. The summed E-state index contributed by atoms with van der Waals surface area (Å²) in [5, 5.41) is 0. The van der Waals surface area contributed by atoms with Crippen LogP contribution in [0.25, 0.3) is 11.1 Å². The van der Waals surface area contributed by atoms with Crippen LogP contribution in [0, 0.1) is 27.7 Å². The molecule has 0 aromatic heterocycles. The monoisotopic (exact) mass is 742 g/mol. The Morgan fingerprint density at radius 1 is 0.418 bits per heavy atom. The Morgan fingerprint density at radius 3 is 1.22 bits per heavy atom. The Kier molecular flexibility index (Phi) is 16.8. The molecule has 0 fully saturated rings. The lowest BCUT2D eigenvalue weighted by atomic mass is 9.70. The van der Waals surface area contributed by atoms with Gasteiger partial charge < -0.3 is 9.64 Å². The zero-order chi connectivity index (χ0) is 39.0. The maximum absolute atomic E-state index is 6.19. The van der Waals surface area contributed by atoms with Crippen LogP contribution in [-0.2, 0) is 5.41 Å². The number of fused-ring (bicyclic) bond motifs is 5. The molecule has 0 amide bonds. The summed E-state index contributed by atoms with van der Waals surface area (Å²) in [5.41, 5.74) is 14.2. The van der Waals surface area contributed by atoms with Crippen LogP contribution in [0.1, 0.15) is 183 Å². The van der Waals surface area contributed by atoms with E-state index in [9.17, 15) is 0 Å². The molecule has 4 aromatic rings. The second kappa shape index (κ2) is 21.7. The molecule has 1 heterocycles. The number of hydrogen-bond acceptors (Lipinski definition) is 2. The number of unbranched alkanes of at least 4 members (excludes halogenated alkanes) is 15. The van der Waals surface area contributed by atoms with Gasteiger partial charge in [0.2, 0.25) is 0 Å². The third kappa shape index (κ3) is 11.3. The lowest BCUT2D eigenvalue weighted by Crippen LogP contribution is -2.25. The molecule has 0 spiro atoms. The minimum atomic E-state index is 0.234. The Bertz CT molecular complexity index is 1650. The molecule has 0 unspecified atom stereocenters. The number of anilines is 2. The third-order valence-electron chi connectivity index (χ3n) is 12.4. The summed E-state index contributed by atoms with van der Waals surface area (Å²) in [7, 11) is 0. The fourth-order valence-corrected chi connectivity index (χ4v) is 9.19. The quantitative estimate of drug-likeness (QED) is 0.0789. The van der Waals surface area contributed by atoms with Gasteiger partial charge >= 0.3 is 0 Å². The van der Waals surface area contributed by atoms with Gasteiger partial charge in [-0.2, -0.15) is 0 Å². The molecular formula is C53H75NO. The highest BCUT2D eigenvalue weighted by Crippen LogP contribution is 2.55. The Labute approximate surface area is 337 Å². The summed E-state index contributed by atoms with van der Waals surface area (Å²) in [4.78, 5) is 2.44. The Hall–Kier alpha value is -3.52. The molecule has 1 aliphatic heterocycles. The molecule has 1 aliphatic carbocycles. The summed E-state index contributed by atoms with van der Waals surface area (Å²) in [6.45, 7) is 16.7. The zero-order valence-electron chi connectivity index (χ0n) is 36.1. The fourth-order valence-electron chi connectivity index (χ4n) is 9.19. The first kappa shape index (κ1) is 42.6. The van der Waals surface area contributed by atoms with Gasteiger partial charge in [-0.1, -0.05) is 190 Å². The Morgan fingerprint density at radius 2 is 0.782 bits per heavy atom. The predicted octanol–water partition coefficient (Wildman–Crippen LogP) is 17.0. The van der Waals surface area contributed by atoms with Crippen molar-refractivity contribution < 1.29 is 4.74 Å². The fraction of sp³-hybridized carbons (Fsp3) is 0.547. The molecule has 0 N–H and O–H groups in total. The van der Waals surface area contributed by atoms with Crippen molar-refractivity contribution in [2.24, 2.45) is 0 Å². The van der Waals surface area contributed by atoms with Crippen molar-refractivity contribution in [1.82, 2.24) is 0 Å². The molecule has 4 aromatic carbocycles. The lowest BCUT2D eigenvalue weighted by molar-refractivity contribution is 0.397. The summed E-state index contributed by atoms with van der Waals surface area (Å²) in [6.07, 6.45) is 27.1. The van der Waals surface area contributed by atoms with Crippen LogP contribution in [0.4, 0.5) is 11.4 Å². The molecule has 298 valence electrons. The number of aryl methyl sites for hydroxylation is 4. The highest BCUT2D eigenvalue weighted by molar-refractivity contribution is 5.82. The van der Waals surface area contributed by atoms with E-state index in [1.807, 2.05) is 0 Å². The standard InChI is InChI=1S/C31H46.C22H29NO/c1-5-7-9-11-13-15-21-31(22-16-14-12-10-8-6-2)29-23-25(3)17-19-27(29)28-20-18-26(4)24-30(28)31;1-4-5-6-7-8-9-14-23-19-12-10-17(2)15-21(19)24-22-16-18(3)11-13-20(22)23/h17-20,23-24H,5-16,21-22H2,1-4H3;10-13,15-16H,4-9,14H2,1-3H3. The van der Waals surface area contributed by atoms with Gasteiger partial charge in [0.05, 0.1) is 11.4 Å². The van der Waals surface area contributed by atoms with Crippen molar-refractivity contribution in [2.45, 2.75) is 182 Å². The van der Waals surface area contributed by atoms with Gasteiger partial charge in [-0.3, -0.25) is 0 Å². The summed E-state index contributed by atoms with van der Waals surface area (Å²) >= 11 is 0. The second-order valence-corrected chi connectivity index (χ2v) is 17.2. The lowest BCUT2D eigenvalue weighted by Gasteiger charge is -2.33. The van der Waals surface area contributed by atoms with E-state index in [-0.39, 0.29) is 5.41 Å². The van der Waals surface area contributed by atoms with Gasteiger partial charge in [-0.05, 0) is 105 Å². The average molecular weight is 742 g/mol. The Balaban J connectivity index is 0.000000218. The van der Waals surface area contributed by atoms with Crippen molar-refractivity contribution in [1.29, 1.82) is 0 Å². The first-order valence-corrected chi connectivity index (χ1v) is 22.7. The van der Waals surface area contributed by atoms with E-state index >= 15 is 0 Å². The molecule has 0 bridgehead atoms. The molecule has 2 heteroatoms. The van der Waals surface area contributed by atoms with Crippen molar-refractivity contribution >= 4 is 11.4 Å². The smallest absolute Gasteiger partial charge is 0.151 e. The summed E-state index contributed by atoms with van der Waals surface area (Å²) < 4.78 is 6.19. The maximum Gasteiger partial charge on any atom is 0.151 e. The van der Waals surface area contributed by atoms with Crippen LogP contribution < -0.4 is 9.64 Å². The second-order valence-electron chi connectivity index (χ2n) is 17.2. The largest absolute Gasteiger partial charge is 0.453 e. The highest BCUT2D eigenvalue weighted by Gasteiger charge is 2.42. The van der Waals surface area contributed by atoms with Crippen LogP contribution in [0.15, 0.2) is 72.8 Å². The average Bonchev–Trinajstić information content (AvgIpc) is 3.43. The molecular weight excluding hydrogens is 667 g/mol.